The third kappa shape index (κ3) is 2.05. The Morgan fingerprint density at radius 3 is 2.15 bits per heavy atom. The maximum atomic E-state index is 12.6. The largest absolute Gasteiger partial charge is 0.387 e. The minimum absolute atomic E-state index is 0.183. The highest BCUT2D eigenvalue weighted by atomic mass is 79.9. The van der Waals surface area contributed by atoms with Gasteiger partial charge < -0.3 is 0 Å². The summed E-state index contributed by atoms with van der Waals surface area (Å²) in [6.07, 6.45) is 0. The molecule has 13 heavy (non-hydrogen) atoms. The average molecular weight is 270 g/mol. The standard InChI is InChI=1S/C7H6BrF2NOS/c8-7(9,10)13(11,12)6-4-2-1-3-5-6/h1-5,11H. The van der Waals surface area contributed by atoms with Crippen LogP contribution in [-0.4, -0.2) is 8.37 Å². The van der Waals surface area contributed by atoms with Crippen LogP contribution in [0.5, 0.6) is 0 Å². The number of hydrogen-bond donors (Lipinski definition) is 1. The Hall–Kier alpha value is -0.490. The molecular formula is C7H6BrF2NOS. The molecule has 0 aromatic heterocycles. The van der Waals surface area contributed by atoms with Gasteiger partial charge in [0.05, 0.1) is 4.90 Å². The van der Waals surface area contributed by atoms with Crippen LogP contribution in [0.4, 0.5) is 8.78 Å². The fraction of sp³-hybridized carbons (Fsp3) is 0.143. The number of halogens is 3. The molecule has 0 aliphatic carbocycles. The molecule has 2 nitrogen and oxygen atoms in total. The summed E-state index contributed by atoms with van der Waals surface area (Å²) in [5.41, 5.74) is 0. The lowest BCUT2D eigenvalue weighted by molar-refractivity contribution is 0.210. The zero-order valence-corrected chi connectivity index (χ0v) is 8.74. The first-order valence-electron chi connectivity index (χ1n) is 3.26. The van der Waals surface area contributed by atoms with Gasteiger partial charge in [0.15, 0.2) is 0 Å². The highest BCUT2D eigenvalue weighted by Gasteiger charge is 2.39. The van der Waals surface area contributed by atoms with Crippen molar-refractivity contribution in [2.75, 3.05) is 0 Å². The Morgan fingerprint density at radius 2 is 1.77 bits per heavy atom. The summed E-state index contributed by atoms with van der Waals surface area (Å²) in [4.78, 5) is -0.183. The van der Waals surface area contributed by atoms with Gasteiger partial charge in [-0.15, -0.1) is 0 Å². The molecule has 1 aromatic carbocycles. The highest BCUT2D eigenvalue weighted by molar-refractivity contribution is 9.11. The highest BCUT2D eigenvalue weighted by Crippen LogP contribution is 2.34. The van der Waals surface area contributed by atoms with Crippen molar-refractivity contribution in [3.8, 4) is 0 Å². The molecule has 1 atom stereocenters. The van der Waals surface area contributed by atoms with Crippen LogP contribution in [-0.2, 0) is 9.73 Å². The second-order valence-electron chi connectivity index (χ2n) is 2.31. The average Bonchev–Trinajstić information content (AvgIpc) is 2.04. The summed E-state index contributed by atoms with van der Waals surface area (Å²) < 4.78 is 39.9. The molecule has 0 radical (unpaired) electrons. The van der Waals surface area contributed by atoms with Crippen molar-refractivity contribution in [1.82, 2.24) is 0 Å². The molecule has 0 bridgehead atoms. The van der Waals surface area contributed by atoms with Crippen LogP contribution in [0.15, 0.2) is 35.2 Å². The van der Waals surface area contributed by atoms with Crippen molar-refractivity contribution in [3.63, 3.8) is 0 Å². The molecular weight excluding hydrogens is 264 g/mol. The van der Waals surface area contributed by atoms with Gasteiger partial charge in [-0.3, -0.25) is 0 Å². The monoisotopic (exact) mass is 269 g/mol. The van der Waals surface area contributed by atoms with Crippen LogP contribution < -0.4 is 0 Å². The number of benzene rings is 1. The molecule has 0 saturated heterocycles. The molecule has 1 unspecified atom stereocenters. The maximum Gasteiger partial charge on any atom is 0.387 e. The van der Waals surface area contributed by atoms with E-state index in [2.05, 4.69) is 0 Å². The second kappa shape index (κ2) is 3.34. The Kier molecular flexibility index (Phi) is 2.72. The van der Waals surface area contributed by atoms with Gasteiger partial charge in [-0.05, 0) is 12.1 Å². The van der Waals surface area contributed by atoms with E-state index in [1.54, 1.807) is 6.07 Å². The minimum atomic E-state index is -4.09. The van der Waals surface area contributed by atoms with Gasteiger partial charge in [-0.1, -0.05) is 18.2 Å². The smallest absolute Gasteiger partial charge is 0.243 e. The van der Waals surface area contributed by atoms with E-state index in [9.17, 15) is 13.0 Å². The van der Waals surface area contributed by atoms with E-state index in [-0.39, 0.29) is 4.90 Å². The van der Waals surface area contributed by atoms with Crippen molar-refractivity contribution in [3.05, 3.63) is 30.3 Å². The molecule has 72 valence electrons. The first kappa shape index (κ1) is 10.6. The van der Waals surface area contributed by atoms with E-state index in [1.807, 2.05) is 15.9 Å². The zero-order chi connectivity index (χ0) is 10.1. The predicted octanol–water partition coefficient (Wildman–Crippen LogP) is 3.04. The van der Waals surface area contributed by atoms with E-state index in [4.69, 9.17) is 4.78 Å². The summed E-state index contributed by atoms with van der Waals surface area (Å²) in [6.45, 7) is 0. The van der Waals surface area contributed by atoms with Crippen LogP contribution in [0.3, 0.4) is 0 Å². The lowest BCUT2D eigenvalue weighted by Crippen LogP contribution is -2.19. The molecule has 1 aromatic rings. The van der Waals surface area contributed by atoms with Crippen molar-refractivity contribution in [1.29, 1.82) is 4.78 Å². The summed E-state index contributed by atoms with van der Waals surface area (Å²) >= 11 is 1.94. The van der Waals surface area contributed by atoms with Gasteiger partial charge in [0.2, 0.25) is 0 Å². The maximum absolute atomic E-state index is 12.6. The van der Waals surface area contributed by atoms with Gasteiger partial charge in [-0.2, -0.15) is 8.78 Å². The normalized spacial score (nSPS) is 16.5. The van der Waals surface area contributed by atoms with Gasteiger partial charge >= 0.3 is 4.16 Å². The fourth-order valence-corrected chi connectivity index (χ4v) is 2.11. The second-order valence-corrected chi connectivity index (χ2v) is 5.93. The summed E-state index contributed by atoms with van der Waals surface area (Å²) in [5.74, 6) is 0. The Balaban J connectivity index is 3.26. The Bertz CT molecular complexity index is 385. The number of rotatable bonds is 2. The minimum Gasteiger partial charge on any atom is -0.243 e. The van der Waals surface area contributed by atoms with Crippen LogP contribution in [0, 0.1) is 4.78 Å². The number of nitrogens with one attached hydrogen (secondary N) is 1. The predicted molar refractivity (Wildman–Crippen MR) is 49.4 cm³/mol. The molecule has 0 amide bonds. The first-order valence-corrected chi connectivity index (χ1v) is 5.61. The van der Waals surface area contributed by atoms with Crippen molar-refractivity contribution in [2.45, 2.75) is 9.06 Å². The molecule has 0 spiro atoms. The molecule has 1 rings (SSSR count). The third-order valence-electron chi connectivity index (χ3n) is 1.40. The Labute approximate surface area is 83.1 Å². The third-order valence-corrected chi connectivity index (χ3v) is 4.36. The first-order chi connectivity index (χ1) is 5.86. The van der Waals surface area contributed by atoms with Crippen LogP contribution in [0.2, 0.25) is 0 Å². The zero-order valence-electron chi connectivity index (χ0n) is 6.34. The van der Waals surface area contributed by atoms with E-state index >= 15 is 0 Å². The van der Waals surface area contributed by atoms with Gasteiger partial charge in [0, 0.05) is 15.9 Å². The number of hydrogen-bond acceptors (Lipinski definition) is 2. The SMILES string of the molecule is N=S(=O)(c1ccccc1)C(F)(F)Br. The topological polar surface area (TPSA) is 40.9 Å². The molecule has 0 aliphatic heterocycles. The van der Waals surface area contributed by atoms with Gasteiger partial charge in [-0.25, -0.2) is 8.99 Å². The summed E-state index contributed by atoms with van der Waals surface area (Å²) in [7, 11) is -4.09. The van der Waals surface area contributed by atoms with Crippen LogP contribution >= 0.6 is 15.9 Å². The van der Waals surface area contributed by atoms with E-state index in [1.165, 1.54) is 24.3 Å². The van der Waals surface area contributed by atoms with Crippen LogP contribution in [0.1, 0.15) is 0 Å². The van der Waals surface area contributed by atoms with Gasteiger partial charge in [0.25, 0.3) is 0 Å². The molecule has 0 saturated carbocycles. The van der Waals surface area contributed by atoms with Crippen molar-refractivity contribution < 1.29 is 13.0 Å². The van der Waals surface area contributed by atoms with E-state index < -0.39 is 13.9 Å². The van der Waals surface area contributed by atoms with E-state index in [0.717, 1.165) is 0 Å². The van der Waals surface area contributed by atoms with E-state index in [0.29, 0.717) is 0 Å². The lowest BCUT2D eigenvalue weighted by Gasteiger charge is -2.12. The van der Waals surface area contributed by atoms with Crippen molar-refractivity contribution >= 4 is 25.7 Å². The van der Waals surface area contributed by atoms with Crippen LogP contribution in [0.25, 0.3) is 0 Å². The lowest BCUT2D eigenvalue weighted by atomic mass is 10.4. The quantitative estimate of drug-likeness (QED) is 0.824. The summed E-state index contributed by atoms with van der Waals surface area (Å²) in [6, 6.07) is 7.00. The molecule has 0 heterocycles. The summed E-state index contributed by atoms with van der Waals surface area (Å²) in [5, 5.41) is 0. The molecule has 6 heteroatoms. The number of alkyl halides is 3. The molecule has 0 fully saturated rings. The molecule has 1 N–H and O–H groups in total. The molecule has 0 aliphatic rings. The Morgan fingerprint density at radius 1 is 1.31 bits per heavy atom. The fourth-order valence-electron chi connectivity index (χ4n) is 0.746. The van der Waals surface area contributed by atoms with Gasteiger partial charge in [0.1, 0.15) is 9.73 Å². The van der Waals surface area contributed by atoms with Crippen molar-refractivity contribution in [2.24, 2.45) is 0 Å².